The molecule has 0 fully saturated rings. The highest BCUT2D eigenvalue weighted by Crippen LogP contribution is 2.36. The molecule has 0 atom stereocenters. The molecule has 0 aliphatic heterocycles. The second-order valence-electron chi connectivity index (χ2n) is 10.7. The second kappa shape index (κ2) is 15.3. The van der Waals surface area contributed by atoms with Gasteiger partial charge in [0.1, 0.15) is 5.82 Å². The van der Waals surface area contributed by atoms with E-state index in [0.717, 1.165) is 0 Å². The quantitative estimate of drug-likeness (QED) is 0.0776. The molecule has 0 spiro atoms. The monoisotopic (exact) mass is 715 g/mol. The predicted molar refractivity (Wildman–Crippen MR) is 194 cm³/mol. The molecule has 0 amide bonds. The number of benzene rings is 4. The first-order valence-corrected chi connectivity index (χ1v) is 18.1. The van der Waals surface area contributed by atoms with Crippen molar-refractivity contribution in [2.45, 2.75) is 23.6 Å². The summed E-state index contributed by atoms with van der Waals surface area (Å²) < 4.78 is 68.7. The summed E-state index contributed by atoms with van der Waals surface area (Å²) >= 11 is 0. The maximum atomic E-state index is 15.4. The van der Waals surface area contributed by atoms with E-state index in [9.17, 15) is 16.8 Å². The topological polar surface area (TPSA) is 179 Å². The van der Waals surface area contributed by atoms with Crippen LogP contribution in [0.25, 0.3) is 11.1 Å². The Hall–Kier alpha value is -5.55. The number of sulfonamides is 2. The second-order valence-corrected chi connectivity index (χ2v) is 14.4. The lowest BCUT2D eigenvalue weighted by Gasteiger charge is -2.17. The zero-order valence-corrected chi connectivity index (χ0v) is 29.1. The number of halogens is 1. The predicted octanol–water partition coefficient (Wildman–Crippen LogP) is 5.51. The van der Waals surface area contributed by atoms with Gasteiger partial charge >= 0.3 is 0 Å². The third kappa shape index (κ3) is 8.35. The third-order valence-electron chi connectivity index (χ3n) is 7.44. The van der Waals surface area contributed by atoms with Crippen LogP contribution < -0.4 is 25.6 Å². The highest BCUT2D eigenvalue weighted by molar-refractivity contribution is 7.89. The molecule has 0 saturated heterocycles. The maximum absolute atomic E-state index is 15.4. The van der Waals surface area contributed by atoms with Gasteiger partial charge in [0.05, 0.1) is 26.8 Å². The van der Waals surface area contributed by atoms with Crippen molar-refractivity contribution in [1.82, 2.24) is 19.4 Å². The van der Waals surface area contributed by atoms with E-state index < -0.39 is 25.9 Å². The lowest BCUT2D eigenvalue weighted by atomic mass is 10.1. The summed E-state index contributed by atoms with van der Waals surface area (Å²) in [4.78, 5) is 9.50. The van der Waals surface area contributed by atoms with E-state index in [1.54, 1.807) is 56.3 Å². The highest BCUT2D eigenvalue weighted by atomic mass is 32.2. The van der Waals surface area contributed by atoms with Crippen LogP contribution in [0, 0.1) is 5.82 Å². The average molecular weight is 716 g/mol. The number of rotatable bonds is 13. The summed E-state index contributed by atoms with van der Waals surface area (Å²) in [5, 5.41) is 12.2. The highest BCUT2D eigenvalue weighted by Gasteiger charge is 2.20. The average Bonchev–Trinajstić information content (AvgIpc) is 3.13. The van der Waals surface area contributed by atoms with Crippen LogP contribution in [0.1, 0.15) is 25.0 Å². The van der Waals surface area contributed by atoms with Crippen LogP contribution in [0.2, 0.25) is 0 Å². The summed E-state index contributed by atoms with van der Waals surface area (Å²) in [5.74, 6) is -0.135. The van der Waals surface area contributed by atoms with Crippen LogP contribution in [-0.4, -0.2) is 52.3 Å². The van der Waals surface area contributed by atoms with Gasteiger partial charge in [0.2, 0.25) is 26.0 Å². The molecule has 5 rings (SSSR count). The van der Waals surface area contributed by atoms with Crippen LogP contribution >= 0.6 is 0 Å². The molecule has 0 radical (unpaired) electrons. The van der Waals surface area contributed by atoms with Crippen LogP contribution in [0.3, 0.4) is 0 Å². The van der Waals surface area contributed by atoms with Crippen molar-refractivity contribution in [2.24, 2.45) is 10.2 Å². The molecule has 258 valence electrons. The van der Waals surface area contributed by atoms with E-state index in [1.807, 2.05) is 30.3 Å². The van der Waals surface area contributed by atoms with E-state index in [1.165, 1.54) is 44.4 Å². The normalized spacial score (nSPS) is 12.4. The standard InChI is InChI=1S/C34H34FN9O4S2/c1-22(24-14-18-27(19-15-24)49(45,46)36-3)41-43-32-31(29-12-8-9-13-30(29)35)33(40-34(39-32)38-26-10-6-5-7-11-26)44-42-23(2)25-16-20-28(21-17-25)50(47,48)37-4/h5-21,36-37H,1-4H3,(H3,38,39,40,43,44). The van der Waals surface area contributed by atoms with Crippen molar-refractivity contribution < 1.29 is 21.2 Å². The Kier molecular flexibility index (Phi) is 11.0. The minimum absolute atomic E-state index is 0.101. The Bertz CT molecular complexity index is 2150. The molecule has 13 nitrogen and oxygen atoms in total. The molecule has 5 N–H and O–H groups in total. The number of nitrogens with one attached hydrogen (secondary N) is 5. The van der Waals surface area contributed by atoms with Crippen molar-refractivity contribution >= 4 is 54.7 Å². The fourth-order valence-corrected chi connectivity index (χ4v) is 6.10. The van der Waals surface area contributed by atoms with E-state index in [-0.39, 0.29) is 38.5 Å². The SMILES string of the molecule is CNS(=O)(=O)c1ccc(C(C)=NNc2nc(Nc3ccccc3)nc(NN=C(C)c3ccc(S(=O)(=O)NC)cc3)c2-c2ccccc2F)cc1. The first-order valence-electron chi connectivity index (χ1n) is 15.1. The molecular formula is C34H34FN9O4S2. The smallest absolute Gasteiger partial charge is 0.240 e. The number of aromatic nitrogens is 2. The van der Waals surface area contributed by atoms with Crippen molar-refractivity contribution in [1.29, 1.82) is 0 Å². The number of hydrogen-bond acceptors (Lipinski definition) is 11. The molecule has 1 aromatic heterocycles. The number of hydrazone groups is 2. The minimum atomic E-state index is -3.62. The molecule has 0 aliphatic carbocycles. The number of hydrogen-bond donors (Lipinski definition) is 5. The van der Waals surface area contributed by atoms with Gasteiger partial charge in [0, 0.05) is 11.3 Å². The zero-order valence-electron chi connectivity index (χ0n) is 27.4. The van der Waals surface area contributed by atoms with Crippen LogP contribution in [-0.2, 0) is 20.0 Å². The Morgan fingerprint density at radius 3 is 1.50 bits per heavy atom. The largest absolute Gasteiger partial charge is 0.324 e. The van der Waals surface area contributed by atoms with Gasteiger partial charge in [0.15, 0.2) is 11.6 Å². The molecule has 0 unspecified atom stereocenters. The molecule has 0 saturated carbocycles. The Morgan fingerprint density at radius 2 is 1.06 bits per heavy atom. The van der Waals surface area contributed by atoms with E-state index in [2.05, 4.69) is 45.8 Å². The number of nitrogens with zero attached hydrogens (tertiary/aromatic N) is 4. The van der Waals surface area contributed by atoms with Gasteiger partial charge in [-0.3, -0.25) is 10.9 Å². The van der Waals surface area contributed by atoms with Gasteiger partial charge in [-0.25, -0.2) is 30.7 Å². The Balaban J connectivity index is 1.58. The summed E-state index contributed by atoms with van der Waals surface area (Å²) in [6, 6.07) is 27.7. The van der Waals surface area contributed by atoms with Crippen molar-refractivity contribution in [3.8, 4) is 11.1 Å². The van der Waals surface area contributed by atoms with Crippen molar-refractivity contribution in [3.63, 3.8) is 0 Å². The summed E-state index contributed by atoms with van der Waals surface area (Å²) in [5.41, 5.74) is 9.21. The fraction of sp³-hybridized carbons (Fsp3) is 0.118. The lowest BCUT2D eigenvalue weighted by molar-refractivity contribution is 0.586. The zero-order chi connectivity index (χ0) is 35.9. The van der Waals surface area contributed by atoms with Crippen molar-refractivity contribution in [2.75, 3.05) is 30.3 Å². The van der Waals surface area contributed by atoms with Gasteiger partial charge in [-0.1, -0.05) is 60.7 Å². The maximum Gasteiger partial charge on any atom is 0.240 e. The molecule has 4 aromatic carbocycles. The molecular weight excluding hydrogens is 682 g/mol. The van der Waals surface area contributed by atoms with Crippen LogP contribution in [0.15, 0.2) is 123 Å². The number of para-hydroxylation sites is 1. The summed E-state index contributed by atoms with van der Waals surface area (Å²) in [6.45, 7) is 3.45. The van der Waals surface area contributed by atoms with Gasteiger partial charge in [-0.05, 0) is 81.5 Å². The molecule has 0 aliphatic rings. The molecule has 5 aromatic rings. The van der Waals surface area contributed by atoms with Gasteiger partial charge in [0.25, 0.3) is 0 Å². The van der Waals surface area contributed by atoms with Gasteiger partial charge in [-0.2, -0.15) is 20.2 Å². The summed E-state index contributed by atoms with van der Waals surface area (Å²) in [7, 11) is -4.57. The van der Waals surface area contributed by atoms with Crippen LogP contribution in [0.5, 0.6) is 0 Å². The molecule has 0 bridgehead atoms. The van der Waals surface area contributed by atoms with Crippen molar-refractivity contribution in [3.05, 3.63) is 120 Å². The molecule has 50 heavy (non-hydrogen) atoms. The molecule has 16 heteroatoms. The Morgan fingerprint density at radius 1 is 0.620 bits per heavy atom. The fourth-order valence-electron chi connectivity index (χ4n) is 4.64. The lowest BCUT2D eigenvalue weighted by Crippen LogP contribution is -2.18. The number of anilines is 4. The van der Waals surface area contributed by atoms with E-state index in [0.29, 0.717) is 28.2 Å². The van der Waals surface area contributed by atoms with E-state index in [4.69, 9.17) is 0 Å². The van der Waals surface area contributed by atoms with Gasteiger partial charge < -0.3 is 5.32 Å². The summed E-state index contributed by atoms with van der Waals surface area (Å²) in [6.07, 6.45) is 0. The van der Waals surface area contributed by atoms with E-state index >= 15 is 4.39 Å². The first-order chi connectivity index (χ1) is 23.9. The van der Waals surface area contributed by atoms with Crippen LogP contribution in [0.4, 0.5) is 27.7 Å². The van der Waals surface area contributed by atoms with Gasteiger partial charge in [-0.15, -0.1) is 0 Å². The Labute approximate surface area is 289 Å². The molecule has 1 heterocycles. The minimum Gasteiger partial charge on any atom is -0.324 e. The first kappa shape index (κ1) is 35.7. The third-order valence-corrected chi connectivity index (χ3v) is 10.3.